The first kappa shape index (κ1) is 27.4. The Hall–Kier alpha value is -3.19. The molecule has 1 unspecified atom stereocenters. The Morgan fingerprint density at radius 2 is 1.64 bits per heavy atom. The summed E-state index contributed by atoms with van der Waals surface area (Å²) < 4.78 is 20.2. The van der Waals surface area contributed by atoms with Crippen LogP contribution >= 0.6 is 15.9 Å². The number of hydrogen-bond acceptors (Lipinski definition) is 3. The molecule has 36 heavy (non-hydrogen) atoms. The smallest absolute Gasteiger partial charge is 0.261 e. The van der Waals surface area contributed by atoms with Gasteiger partial charge in [0.2, 0.25) is 5.91 Å². The quantitative estimate of drug-likeness (QED) is 0.331. The molecule has 1 N–H and O–H groups in total. The standard InChI is InChI=1S/C29H32BrFN2O3/c1-4-21-12-15-27(25(30)16-21)36-19-28(34)33(18-23-10-13-24(31)14-11-23)26(29(35)32-20(2)3)17-22-8-6-5-7-9-22/h5-16,20,26H,4,17-19H2,1-3H3,(H,32,35). The highest BCUT2D eigenvalue weighted by Crippen LogP contribution is 2.26. The Bertz CT molecular complexity index is 1150. The van der Waals surface area contributed by atoms with Crippen LogP contribution in [0.2, 0.25) is 0 Å². The number of benzene rings is 3. The Labute approximate surface area is 220 Å². The van der Waals surface area contributed by atoms with Crippen molar-refractivity contribution in [2.75, 3.05) is 6.61 Å². The lowest BCUT2D eigenvalue weighted by atomic mass is 10.0. The molecule has 0 aliphatic heterocycles. The maximum Gasteiger partial charge on any atom is 0.261 e. The lowest BCUT2D eigenvalue weighted by Gasteiger charge is -2.32. The van der Waals surface area contributed by atoms with E-state index < -0.39 is 6.04 Å². The largest absolute Gasteiger partial charge is 0.483 e. The fourth-order valence-electron chi connectivity index (χ4n) is 3.82. The van der Waals surface area contributed by atoms with Gasteiger partial charge < -0.3 is 15.0 Å². The average Bonchev–Trinajstić information content (AvgIpc) is 2.86. The van der Waals surface area contributed by atoms with Gasteiger partial charge in [-0.2, -0.15) is 0 Å². The van der Waals surface area contributed by atoms with Gasteiger partial charge in [-0.25, -0.2) is 4.39 Å². The summed E-state index contributed by atoms with van der Waals surface area (Å²) in [6.07, 6.45) is 1.22. The number of hydrogen-bond donors (Lipinski definition) is 1. The van der Waals surface area contributed by atoms with E-state index in [4.69, 9.17) is 4.74 Å². The predicted molar refractivity (Wildman–Crippen MR) is 143 cm³/mol. The van der Waals surface area contributed by atoms with Gasteiger partial charge in [-0.3, -0.25) is 9.59 Å². The maximum absolute atomic E-state index is 13.6. The Morgan fingerprint density at radius 1 is 0.972 bits per heavy atom. The monoisotopic (exact) mass is 554 g/mol. The number of rotatable bonds is 11. The fraction of sp³-hybridized carbons (Fsp3) is 0.310. The molecule has 3 aromatic carbocycles. The van der Waals surface area contributed by atoms with E-state index in [2.05, 4.69) is 28.2 Å². The van der Waals surface area contributed by atoms with Crippen LogP contribution < -0.4 is 10.1 Å². The zero-order chi connectivity index (χ0) is 26.1. The van der Waals surface area contributed by atoms with Crippen molar-refractivity contribution in [1.82, 2.24) is 10.2 Å². The van der Waals surface area contributed by atoms with Gasteiger partial charge in [0.05, 0.1) is 4.47 Å². The third kappa shape index (κ3) is 7.92. The minimum Gasteiger partial charge on any atom is -0.483 e. The van der Waals surface area contributed by atoms with Crippen molar-refractivity contribution in [2.45, 2.75) is 52.2 Å². The van der Waals surface area contributed by atoms with Crippen LogP contribution in [0.1, 0.15) is 37.5 Å². The van der Waals surface area contributed by atoms with Gasteiger partial charge in [0.15, 0.2) is 6.61 Å². The molecule has 2 amide bonds. The third-order valence-corrected chi connectivity index (χ3v) is 6.34. The van der Waals surface area contributed by atoms with Crippen molar-refractivity contribution in [2.24, 2.45) is 0 Å². The van der Waals surface area contributed by atoms with Crippen LogP contribution in [-0.4, -0.2) is 35.4 Å². The first-order valence-corrected chi connectivity index (χ1v) is 12.9. The summed E-state index contributed by atoms with van der Waals surface area (Å²) in [6.45, 7) is 5.72. The molecule has 0 aliphatic carbocycles. The van der Waals surface area contributed by atoms with Crippen LogP contribution in [0.15, 0.2) is 77.3 Å². The molecule has 0 fully saturated rings. The Kier molecular flexibility index (Phi) is 10.1. The van der Waals surface area contributed by atoms with Gasteiger partial charge in [-0.1, -0.05) is 55.5 Å². The maximum atomic E-state index is 13.6. The second-order valence-corrected chi connectivity index (χ2v) is 9.78. The molecule has 0 saturated heterocycles. The van der Waals surface area contributed by atoms with E-state index in [1.54, 1.807) is 12.1 Å². The molecule has 0 spiro atoms. The second-order valence-electron chi connectivity index (χ2n) is 8.92. The van der Waals surface area contributed by atoms with Crippen molar-refractivity contribution in [3.8, 4) is 5.75 Å². The summed E-state index contributed by atoms with van der Waals surface area (Å²) in [4.78, 5) is 28.4. The minimum absolute atomic E-state index is 0.0946. The van der Waals surface area contributed by atoms with Gasteiger partial charge >= 0.3 is 0 Å². The van der Waals surface area contributed by atoms with Gasteiger partial charge in [0.1, 0.15) is 17.6 Å². The second kappa shape index (κ2) is 13.2. The van der Waals surface area contributed by atoms with Gasteiger partial charge in [0, 0.05) is 19.0 Å². The fourth-order valence-corrected chi connectivity index (χ4v) is 4.37. The number of halogens is 2. The number of carbonyl (C=O) groups is 2. The van der Waals surface area contributed by atoms with E-state index >= 15 is 0 Å². The van der Waals surface area contributed by atoms with E-state index in [0.29, 0.717) is 17.7 Å². The number of nitrogens with zero attached hydrogens (tertiary/aromatic N) is 1. The highest BCUT2D eigenvalue weighted by molar-refractivity contribution is 9.10. The van der Waals surface area contributed by atoms with Gasteiger partial charge in [-0.15, -0.1) is 0 Å². The minimum atomic E-state index is -0.776. The molecule has 3 rings (SSSR count). The third-order valence-electron chi connectivity index (χ3n) is 5.72. The lowest BCUT2D eigenvalue weighted by molar-refractivity contribution is -0.143. The Morgan fingerprint density at radius 3 is 2.25 bits per heavy atom. The van der Waals surface area contributed by atoms with Crippen molar-refractivity contribution >= 4 is 27.7 Å². The van der Waals surface area contributed by atoms with Crippen LogP contribution in [0, 0.1) is 5.82 Å². The predicted octanol–water partition coefficient (Wildman–Crippen LogP) is 5.69. The SMILES string of the molecule is CCc1ccc(OCC(=O)N(Cc2ccc(F)cc2)C(Cc2ccccc2)C(=O)NC(C)C)c(Br)c1. The number of carbonyl (C=O) groups excluding carboxylic acids is 2. The Balaban J connectivity index is 1.90. The highest BCUT2D eigenvalue weighted by Gasteiger charge is 2.31. The van der Waals surface area contributed by atoms with E-state index in [9.17, 15) is 14.0 Å². The van der Waals surface area contributed by atoms with E-state index in [1.165, 1.54) is 17.0 Å². The topological polar surface area (TPSA) is 58.6 Å². The molecular weight excluding hydrogens is 523 g/mol. The summed E-state index contributed by atoms with van der Waals surface area (Å²) >= 11 is 3.51. The molecule has 0 bridgehead atoms. The molecule has 0 aliphatic rings. The van der Waals surface area contributed by atoms with Crippen molar-refractivity contribution in [3.63, 3.8) is 0 Å². The van der Waals surface area contributed by atoms with Crippen LogP contribution in [-0.2, 0) is 29.0 Å². The molecule has 0 radical (unpaired) electrons. The normalized spacial score (nSPS) is 11.7. The summed E-state index contributed by atoms with van der Waals surface area (Å²) in [7, 11) is 0. The van der Waals surface area contributed by atoms with Crippen LogP contribution in [0.5, 0.6) is 5.75 Å². The average molecular weight is 555 g/mol. The molecule has 0 heterocycles. The zero-order valence-corrected chi connectivity index (χ0v) is 22.4. The summed E-state index contributed by atoms with van der Waals surface area (Å²) in [5, 5.41) is 2.95. The first-order valence-electron chi connectivity index (χ1n) is 12.1. The van der Waals surface area contributed by atoms with Crippen LogP contribution in [0.25, 0.3) is 0 Å². The summed E-state index contributed by atoms with van der Waals surface area (Å²) in [5.41, 5.74) is 2.79. The molecule has 1 atom stereocenters. The van der Waals surface area contributed by atoms with Crippen LogP contribution in [0.3, 0.4) is 0 Å². The number of nitrogens with one attached hydrogen (secondary N) is 1. The highest BCUT2D eigenvalue weighted by atomic mass is 79.9. The van der Waals surface area contributed by atoms with Gasteiger partial charge in [-0.05, 0) is 77.2 Å². The zero-order valence-electron chi connectivity index (χ0n) is 20.8. The number of amides is 2. The lowest BCUT2D eigenvalue weighted by Crippen LogP contribution is -2.52. The molecule has 190 valence electrons. The molecule has 0 saturated carbocycles. The molecule has 7 heteroatoms. The molecule has 0 aromatic heterocycles. The number of aryl methyl sites for hydroxylation is 1. The van der Waals surface area contributed by atoms with Crippen molar-refractivity contribution in [1.29, 1.82) is 0 Å². The summed E-state index contributed by atoms with van der Waals surface area (Å²) in [6, 6.07) is 20.4. The van der Waals surface area contributed by atoms with E-state index in [-0.39, 0.29) is 36.8 Å². The first-order chi connectivity index (χ1) is 17.3. The number of ether oxygens (including phenoxy) is 1. The van der Waals surface area contributed by atoms with E-state index in [0.717, 1.165) is 22.0 Å². The van der Waals surface area contributed by atoms with E-state index in [1.807, 2.05) is 62.4 Å². The molecule has 5 nitrogen and oxygen atoms in total. The van der Waals surface area contributed by atoms with Crippen LogP contribution in [0.4, 0.5) is 4.39 Å². The summed E-state index contributed by atoms with van der Waals surface area (Å²) in [5.74, 6) is -0.407. The molecular formula is C29H32BrFN2O3. The van der Waals surface area contributed by atoms with Crippen molar-refractivity contribution in [3.05, 3.63) is 99.8 Å². The van der Waals surface area contributed by atoms with Crippen molar-refractivity contribution < 1.29 is 18.7 Å². The molecule has 3 aromatic rings. The van der Waals surface area contributed by atoms with Gasteiger partial charge in [0.25, 0.3) is 5.91 Å².